The van der Waals surface area contributed by atoms with Crippen LogP contribution in [-0.4, -0.2) is 5.91 Å². The van der Waals surface area contributed by atoms with Crippen molar-refractivity contribution in [2.75, 3.05) is 0 Å². The molecule has 0 aliphatic heterocycles. The summed E-state index contributed by atoms with van der Waals surface area (Å²) < 4.78 is 0. The van der Waals surface area contributed by atoms with Crippen LogP contribution in [0.15, 0.2) is 54.6 Å². The van der Waals surface area contributed by atoms with Crippen molar-refractivity contribution in [3.63, 3.8) is 0 Å². The van der Waals surface area contributed by atoms with Gasteiger partial charge in [-0.2, -0.15) is 0 Å². The van der Waals surface area contributed by atoms with E-state index < -0.39 is 6.04 Å². The summed E-state index contributed by atoms with van der Waals surface area (Å²) in [6.07, 6.45) is 0. The van der Waals surface area contributed by atoms with Gasteiger partial charge in [0.05, 0.1) is 0 Å². The van der Waals surface area contributed by atoms with Gasteiger partial charge in [0.25, 0.3) is 0 Å². The SMILES string of the molecule is CC(C)c1ccc(C(NCc2ccccc2)C(N)=O)cc1. The minimum atomic E-state index is -0.466. The van der Waals surface area contributed by atoms with Gasteiger partial charge in [0.2, 0.25) is 5.91 Å². The zero-order valence-corrected chi connectivity index (χ0v) is 12.5. The number of nitrogens with two attached hydrogens (primary N) is 1. The Bertz CT molecular complexity index is 576. The lowest BCUT2D eigenvalue weighted by atomic mass is 9.98. The molecular formula is C18H22N2O. The minimum absolute atomic E-state index is 0.358. The molecule has 3 N–H and O–H groups in total. The van der Waals surface area contributed by atoms with E-state index in [1.807, 2.05) is 42.5 Å². The van der Waals surface area contributed by atoms with Gasteiger partial charge < -0.3 is 5.73 Å². The van der Waals surface area contributed by atoms with Gasteiger partial charge in [-0.05, 0) is 22.6 Å². The maximum absolute atomic E-state index is 11.7. The maximum Gasteiger partial charge on any atom is 0.239 e. The number of benzene rings is 2. The van der Waals surface area contributed by atoms with Crippen molar-refractivity contribution in [3.8, 4) is 0 Å². The van der Waals surface area contributed by atoms with Gasteiger partial charge in [-0.3, -0.25) is 10.1 Å². The Morgan fingerprint density at radius 1 is 1.00 bits per heavy atom. The van der Waals surface area contributed by atoms with Crippen molar-refractivity contribution in [2.45, 2.75) is 32.4 Å². The zero-order valence-electron chi connectivity index (χ0n) is 12.5. The van der Waals surface area contributed by atoms with E-state index in [0.717, 1.165) is 11.1 Å². The summed E-state index contributed by atoms with van der Waals surface area (Å²) >= 11 is 0. The largest absolute Gasteiger partial charge is 0.368 e. The third kappa shape index (κ3) is 4.17. The number of nitrogens with one attached hydrogen (secondary N) is 1. The predicted molar refractivity (Wildman–Crippen MR) is 85.7 cm³/mol. The van der Waals surface area contributed by atoms with Crippen molar-refractivity contribution >= 4 is 5.91 Å². The second-order valence-electron chi connectivity index (χ2n) is 5.52. The van der Waals surface area contributed by atoms with Gasteiger partial charge >= 0.3 is 0 Å². The Morgan fingerprint density at radius 3 is 2.10 bits per heavy atom. The molecule has 0 fully saturated rings. The van der Waals surface area contributed by atoms with Crippen LogP contribution in [0.25, 0.3) is 0 Å². The van der Waals surface area contributed by atoms with E-state index in [1.54, 1.807) is 0 Å². The molecule has 0 spiro atoms. The standard InChI is InChI=1S/C18H22N2O/c1-13(2)15-8-10-16(11-9-15)17(18(19)21)20-12-14-6-4-3-5-7-14/h3-11,13,17,20H,12H2,1-2H3,(H2,19,21). The normalized spacial score (nSPS) is 12.3. The molecule has 0 heterocycles. The van der Waals surface area contributed by atoms with E-state index in [1.165, 1.54) is 5.56 Å². The Kier molecular flexibility index (Phi) is 5.12. The van der Waals surface area contributed by atoms with Gasteiger partial charge in [0.1, 0.15) is 6.04 Å². The van der Waals surface area contributed by atoms with Crippen LogP contribution in [0.3, 0.4) is 0 Å². The van der Waals surface area contributed by atoms with E-state index in [2.05, 4.69) is 31.3 Å². The van der Waals surface area contributed by atoms with Crippen molar-refractivity contribution in [2.24, 2.45) is 5.73 Å². The predicted octanol–water partition coefficient (Wildman–Crippen LogP) is 3.13. The summed E-state index contributed by atoms with van der Waals surface area (Å²) in [5, 5.41) is 3.23. The third-order valence-corrected chi connectivity index (χ3v) is 3.57. The van der Waals surface area contributed by atoms with Crippen molar-refractivity contribution in [1.29, 1.82) is 0 Å². The molecule has 0 aliphatic rings. The molecule has 2 rings (SSSR count). The first kappa shape index (κ1) is 15.3. The van der Waals surface area contributed by atoms with Gasteiger partial charge in [0, 0.05) is 6.54 Å². The fraction of sp³-hybridized carbons (Fsp3) is 0.278. The van der Waals surface area contributed by atoms with Gasteiger partial charge in [-0.1, -0.05) is 68.4 Å². The Labute approximate surface area is 126 Å². The second kappa shape index (κ2) is 7.04. The number of primary amides is 1. The lowest BCUT2D eigenvalue weighted by Crippen LogP contribution is -2.33. The van der Waals surface area contributed by atoms with Gasteiger partial charge in [0.15, 0.2) is 0 Å². The molecule has 1 amide bonds. The Hall–Kier alpha value is -2.13. The summed E-state index contributed by atoms with van der Waals surface area (Å²) in [5.41, 5.74) is 8.82. The van der Waals surface area contributed by atoms with Crippen molar-refractivity contribution in [3.05, 3.63) is 71.3 Å². The number of hydrogen-bond acceptors (Lipinski definition) is 2. The van der Waals surface area contributed by atoms with E-state index in [9.17, 15) is 4.79 Å². The molecule has 0 aliphatic carbocycles. The van der Waals surface area contributed by atoms with E-state index in [-0.39, 0.29) is 5.91 Å². The number of amides is 1. The summed E-state index contributed by atoms with van der Waals surface area (Å²) in [5.74, 6) is 0.117. The summed E-state index contributed by atoms with van der Waals surface area (Å²) in [6, 6.07) is 17.6. The van der Waals surface area contributed by atoms with Crippen LogP contribution in [0.2, 0.25) is 0 Å². The molecule has 0 saturated carbocycles. The first-order valence-electron chi connectivity index (χ1n) is 7.24. The van der Waals surface area contributed by atoms with Crippen LogP contribution < -0.4 is 11.1 Å². The average Bonchev–Trinajstić information content (AvgIpc) is 2.48. The number of carbonyl (C=O) groups is 1. The summed E-state index contributed by atoms with van der Waals surface area (Å²) in [6.45, 7) is 4.91. The quantitative estimate of drug-likeness (QED) is 0.855. The molecule has 3 heteroatoms. The summed E-state index contributed by atoms with van der Waals surface area (Å²) in [4.78, 5) is 11.7. The number of hydrogen-bond donors (Lipinski definition) is 2. The van der Waals surface area contributed by atoms with E-state index in [0.29, 0.717) is 12.5 Å². The number of rotatable bonds is 6. The smallest absolute Gasteiger partial charge is 0.239 e. The first-order chi connectivity index (χ1) is 10.1. The second-order valence-corrected chi connectivity index (χ2v) is 5.52. The molecule has 0 radical (unpaired) electrons. The molecule has 0 saturated heterocycles. The molecule has 3 nitrogen and oxygen atoms in total. The van der Waals surface area contributed by atoms with Gasteiger partial charge in [-0.15, -0.1) is 0 Å². The van der Waals surface area contributed by atoms with Crippen molar-refractivity contribution in [1.82, 2.24) is 5.32 Å². The first-order valence-corrected chi connectivity index (χ1v) is 7.24. The molecule has 0 bridgehead atoms. The number of carbonyl (C=O) groups excluding carboxylic acids is 1. The molecule has 110 valence electrons. The van der Waals surface area contributed by atoms with Crippen LogP contribution in [0.4, 0.5) is 0 Å². The topological polar surface area (TPSA) is 55.1 Å². The molecular weight excluding hydrogens is 260 g/mol. The zero-order chi connectivity index (χ0) is 15.2. The van der Waals surface area contributed by atoms with Crippen molar-refractivity contribution < 1.29 is 4.79 Å². The monoisotopic (exact) mass is 282 g/mol. The van der Waals surface area contributed by atoms with Crippen LogP contribution in [0, 0.1) is 0 Å². The van der Waals surface area contributed by atoms with E-state index in [4.69, 9.17) is 5.73 Å². The molecule has 1 unspecified atom stereocenters. The fourth-order valence-electron chi connectivity index (χ4n) is 2.27. The van der Waals surface area contributed by atoms with Crippen LogP contribution in [0.1, 0.15) is 42.5 Å². The maximum atomic E-state index is 11.7. The lowest BCUT2D eigenvalue weighted by molar-refractivity contribution is -0.120. The Balaban J connectivity index is 2.10. The molecule has 2 aromatic rings. The average molecular weight is 282 g/mol. The lowest BCUT2D eigenvalue weighted by Gasteiger charge is -2.17. The highest BCUT2D eigenvalue weighted by atomic mass is 16.1. The molecule has 0 aromatic heterocycles. The van der Waals surface area contributed by atoms with Crippen LogP contribution in [-0.2, 0) is 11.3 Å². The highest BCUT2D eigenvalue weighted by Gasteiger charge is 2.17. The summed E-state index contributed by atoms with van der Waals surface area (Å²) in [7, 11) is 0. The minimum Gasteiger partial charge on any atom is -0.368 e. The molecule has 21 heavy (non-hydrogen) atoms. The Morgan fingerprint density at radius 2 is 1.57 bits per heavy atom. The molecule has 2 aromatic carbocycles. The highest BCUT2D eigenvalue weighted by molar-refractivity contribution is 5.81. The highest BCUT2D eigenvalue weighted by Crippen LogP contribution is 2.19. The molecule has 1 atom stereocenters. The van der Waals surface area contributed by atoms with E-state index >= 15 is 0 Å². The fourth-order valence-corrected chi connectivity index (χ4v) is 2.27. The van der Waals surface area contributed by atoms with Crippen LogP contribution >= 0.6 is 0 Å². The third-order valence-electron chi connectivity index (χ3n) is 3.57. The van der Waals surface area contributed by atoms with Gasteiger partial charge in [-0.25, -0.2) is 0 Å². The van der Waals surface area contributed by atoms with Crippen LogP contribution in [0.5, 0.6) is 0 Å².